The molecule has 16 heavy (non-hydrogen) atoms. The molecular weight excluding hydrogens is 238 g/mol. The molecule has 0 unspecified atom stereocenters. The fraction of sp³-hybridized carbons (Fsp3) is 0.273. The average molecular weight is 251 g/mol. The normalized spacial score (nSPS) is 10.4. The van der Waals surface area contributed by atoms with Gasteiger partial charge in [-0.25, -0.2) is 9.97 Å². The van der Waals surface area contributed by atoms with Crippen molar-refractivity contribution >= 4 is 28.8 Å². The summed E-state index contributed by atoms with van der Waals surface area (Å²) in [6.45, 7) is 2.77. The van der Waals surface area contributed by atoms with Crippen molar-refractivity contribution in [3.63, 3.8) is 0 Å². The molecule has 2 aromatic rings. The van der Waals surface area contributed by atoms with Crippen molar-refractivity contribution in [3.8, 4) is 0 Å². The average Bonchev–Trinajstić information content (AvgIpc) is 2.73. The molecule has 2 aromatic heterocycles. The first-order chi connectivity index (χ1) is 7.78. The van der Waals surface area contributed by atoms with Crippen molar-refractivity contribution in [2.75, 3.05) is 11.6 Å². The maximum absolute atomic E-state index is 4.39. The zero-order chi connectivity index (χ0) is 11.4. The molecule has 84 valence electrons. The predicted octanol–water partition coefficient (Wildman–Crippen LogP) is 3.18. The van der Waals surface area contributed by atoms with E-state index in [-0.39, 0.29) is 0 Å². The Kier molecular flexibility index (Phi) is 3.79. The van der Waals surface area contributed by atoms with Gasteiger partial charge >= 0.3 is 0 Å². The molecule has 1 N–H and O–H groups in total. The number of thiazole rings is 1. The van der Waals surface area contributed by atoms with Crippen molar-refractivity contribution in [2.24, 2.45) is 0 Å². The lowest BCUT2D eigenvalue weighted by molar-refractivity contribution is 1.06. The zero-order valence-corrected chi connectivity index (χ0v) is 10.9. The SMILES string of the molecule is CSc1ccc(NCc2nc(C)cs2)cn1. The Bertz CT molecular complexity index is 451. The van der Waals surface area contributed by atoms with Crippen molar-refractivity contribution in [2.45, 2.75) is 18.5 Å². The van der Waals surface area contributed by atoms with Crippen LogP contribution in [0.2, 0.25) is 0 Å². The second-order valence-corrected chi connectivity index (χ2v) is 5.09. The van der Waals surface area contributed by atoms with Crippen LogP contribution < -0.4 is 5.32 Å². The predicted molar refractivity (Wildman–Crippen MR) is 70.2 cm³/mol. The van der Waals surface area contributed by atoms with Gasteiger partial charge in [0.25, 0.3) is 0 Å². The highest BCUT2D eigenvalue weighted by atomic mass is 32.2. The molecule has 2 rings (SSSR count). The molecule has 0 atom stereocenters. The number of anilines is 1. The Morgan fingerprint density at radius 3 is 2.88 bits per heavy atom. The fourth-order valence-corrected chi connectivity index (χ4v) is 2.34. The first kappa shape index (κ1) is 11.4. The summed E-state index contributed by atoms with van der Waals surface area (Å²) in [5.74, 6) is 0. The zero-order valence-electron chi connectivity index (χ0n) is 9.23. The van der Waals surface area contributed by atoms with Gasteiger partial charge in [-0.1, -0.05) is 0 Å². The Morgan fingerprint density at radius 1 is 1.44 bits per heavy atom. The number of aromatic nitrogens is 2. The maximum Gasteiger partial charge on any atom is 0.112 e. The summed E-state index contributed by atoms with van der Waals surface area (Å²) in [5, 5.41) is 7.50. The topological polar surface area (TPSA) is 37.8 Å². The first-order valence-electron chi connectivity index (χ1n) is 4.93. The van der Waals surface area contributed by atoms with E-state index in [0.29, 0.717) is 0 Å². The van der Waals surface area contributed by atoms with E-state index < -0.39 is 0 Å². The summed E-state index contributed by atoms with van der Waals surface area (Å²) in [7, 11) is 0. The molecule has 0 aliphatic heterocycles. The lowest BCUT2D eigenvalue weighted by Gasteiger charge is -2.03. The van der Waals surface area contributed by atoms with Crippen LogP contribution in [0, 0.1) is 6.92 Å². The van der Waals surface area contributed by atoms with Gasteiger partial charge in [-0.2, -0.15) is 0 Å². The van der Waals surface area contributed by atoms with Crippen LogP contribution in [-0.2, 0) is 6.54 Å². The summed E-state index contributed by atoms with van der Waals surface area (Å²) in [4.78, 5) is 8.69. The van der Waals surface area contributed by atoms with Gasteiger partial charge in [-0.05, 0) is 25.3 Å². The summed E-state index contributed by atoms with van der Waals surface area (Å²) < 4.78 is 0. The van der Waals surface area contributed by atoms with Gasteiger partial charge in [-0.3, -0.25) is 0 Å². The molecule has 0 spiro atoms. The number of pyridine rings is 1. The number of thioether (sulfide) groups is 1. The van der Waals surface area contributed by atoms with Crippen molar-refractivity contribution < 1.29 is 0 Å². The third kappa shape index (κ3) is 2.96. The van der Waals surface area contributed by atoms with E-state index in [1.807, 2.05) is 31.5 Å². The Morgan fingerprint density at radius 2 is 2.31 bits per heavy atom. The lowest BCUT2D eigenvalue weighted by atomic mass is 10.4. The fourth-order valence-electron chi connectivity index (χ4n) is 1.27. The number of nitrogens with one attached hydrogen (secondary N) is 1. The van der Waals surface area contributed by atoms with Crippen LogP contribution in [0.3, 0.4) is 0 Å². The molecule has 0 aliphatic carbocycles. The molecule has 3 nitrogen and oxygen atoms in total. The molecule has 0 aromatic carbocycles. The van der Waals surface area contributed by atoms with E-state index >= 15 is 0 Å². The monoisotopic (exact) mass is 251 g/mol. The molecule has 0 aliphatic rings. The van der Waals surface area contributed by atoms with Gasteiger partial charge in [0.05, 0.1) is 23.5 Å². The first-order valence-corrected chi connectivity index (χ1v) is 7.03. The third-order valence-electron chi connectivity index (χ3n) is 2.06. The number of aryl methyl sites for hydroxylation is 1. The lowest BCUT2D eigenvalue weighted by Crippen LogP contribution is -1.99. The van der Waals surface area contributed by atoms with E-state index in [0.717, 1.165) is 28.0 Å². The second kappa shape index (κ2) is 5.32. The van der Waals surface area contributed by atoms with E-state index in [2.05, 4.69) is 20.7 Å². The Labute approximate surface area is 103 Å². The molecule has 5 heteroatoms. The van der Waals surface area contributed by atoms with E-state index in [1.54, 1.807) is 23.1 Å². The Hall–Kier alpha value is -1.07. The van der Waals surface area contributed by atoms with Gasteiger partial charge in [-0.15, -0.1) is 23.1 Å². The van der Waals surface area contributed by atoms with Gasteiger partial charge in [0.15, 0.2) is 0 Å². The molecular formula is C11H13N3S2. The molecule has 2 heterocycles. The quantitative estimate of drug-likeness (QED) is 0.847. The number of hydrogen-bond donors (Lipinski definition) is 1. The minimum absolute atomic E-state index is 0.763. The Balaban J connectivity index is 1.94. The van der Waals surface area contributed by atoms with Gasteiger partial charge in [0.1, 0.15) is 5.01 Å². The second-order valence-electron chi connectivity index (χ2n) is 3.33. The van der Waals surface area contributed by atoms with Crippen LogP contribution >= 0.6 is 23.1 Å². The van der Waals surface area contributed by atoms with Crippen LogP contribution in [0.15, 0.2) is 28.7 Å². The highest BCUT2D eigenvalue weighted by molar-refractivity contribution is 7.98. The van der Waals surface area contributed by atoms with Gasteiger partial charge in [0.2, 0.25) is 0 Å². The maximum atomic E-state index is 4.39. The van der Waals surface area contributed by atoms with Gasteiger partial charge < -0.3 is 5.32 Å². The standard InChI is InChI=1S/C11H13N3S2/c1-8-7-16-11(14-8)6-12-9-3-4-10(15-2)13-5-9/h3-5,7,12H,6H2,1-2H3. The van der Waals surface area contributed by atoms with Crippen molar-refractivity contribution in [1.82, 2.24) is 9.97 Å². The molecule has 0 saturated heterocycles. The molecule has 0 amide bonds. The molecule has 0 saturated carbocycles. The number of nitrogens with zero attached hydrogens (tertiary/aromatic N) is 2. The van der Waals surface area contributed by atoms with Crippen molar-refractivity contribution in [3.05, 3.63) is 34.4 Å². The summed E-state index contributed by atoms with van der Waals surface area (Å²) in [6.07, 6.45) is 3.88. The summed E-state index contributed by atoms with van der Waals surface area (Å²) >= 11 is 3.32. The number of rotatable bonds is 4. The van der Waals surface area contributed by atoms with E-state index in [9.17, 15) is 0 Å². The van der Waals surface area contributed by atoms with Crippen molar-refractivity contribution in [1.29, 1.82) is 0 Å². The number of hydrogen-bond acceptors (Lipinski definition) is 5. The van der Waals surface area contributed by atoms with Crippen LogP contribution in [0.1, 0.15) is 10.7 Å². The van der Waals surface area contributed by atoms with Crippen LogP contribution in [0.4, 0.5) is 5.69 Å². The smallest absolute Gasteiger partial charge is 0.112 e. The van der Waals surface area contributed by atoms with Gasteiger partial charge in [0, 0.05) is 11.1 Å². The molecule has 0 radical (unpaired) electrons. The highest BCUT2D eigenvalue weighted by Crippen LogP contribution is 2.15. The van der Waals surface area contributed by atoms with Crippen LogP contribution in [0.25, 0.3) is 0 Å². The molecule has 0 fully saturated rings. The minimum Gasteiger partial charge on any atom is -0.377 e. The summed E-state index contributed by atoms with van der Waals surface area (Å²) in [5.41, 5.74) is 2.11. The summed E-state index contributed by atoms with van der Waals surface area (Å²) in [6, 6.07) is 4.05. The largest absolute Gasteiger partial charge is 0.377 e. The van der Waals surface area contributed by atoms with E-state index in [1.165, 1.54) is 0 Å². The minimum atomic E-state index is 0.763. The molecule has 0 bridgehead atoms. The third-order valence-corrected chi connectivity index (χ3v) is 3.68. The van der Waals surface area contributed by atoms with Crippen LogP contribution in [-0.4, -0.2) is 16.2 Å². The van der Waals surface area contributed by atoms with E-state index in [4.69, 9.17) is 0 Å². The highest BCUT2D eigenvalue weighted by Gasteiger charge is 1.99. The van der Waals surface area contributed by atoms with Crippen LogP contribution in [0.5, 0.6) is 0 Å².